The second kappa shape index (κ2) is 5.49. The van der Waals surface area contributed by atoms with Crippen molar-refractivity contribution >= 4 is 0 Å². The normalized spacial score (nSPS) is 25.0. The van der Waals surface area contributed by atoms with Gasteiger partial charge in [0.05, 0.1) is 6.67 Å². The van der Waals surface area contributed by atoms with E-state index in [1.54, 1.807) is 0 Å². The van der Waals surface area contributed by atoms with E-state index in [-0.39, 0.29) is 6.67 Å². The molecule has 12 heavy (non-hydrogen) atoms. The minimum Gasteiger partial charge on any atom is -0.315 e. The second-order valence-electron chi connectivity index (χ2n) is 3.52. The average Bonchev–Trinajstić information content (AvgIpc) is 2.46. The Hall–Kier alpha value is -0.150. The van der Waals surface area contributed by atoms with Gasteiger partial charge in [-0.3, -0.25) is 4.39 Å². The largest absolute Gasteiger partial charge is 0.315 e. The topological polar surface area (TPSA) is 15.3 Å². The van der Waals surface area contributed by atoms with E-state index in [4.69, 9.17) is 0 Å². The summed E-state index contributed by atoms with van der Waals surface area (Å²) in [6.45, 7) is 2.86. The second-order valence-corrected chi connectivity index (χ2v) is 3.52. The van der Waals surface area contributed by atoms with Crippen LogP contribution in [0.15, 0.2) is 0 Å². The fourth-order valence-corrected chi connectivity index (χ4v) is 1.70. The van der Waals surface area contributed by atoms with Crippen molar-refractivity contribution in [2.75, 3.05) is 33.4 Å². The molecule has 0 aromatic rings. The van der Waals surface area contributed by atoms with Crippen molar-refractivity contribution in [3.63, 3.8) is 0 Å². The van der Waals surface area contributed by atoms with Crippen LogP contribution in [-0.4, -0.2) is 44.3 Å². The van der Waals surface area contributed by atoms with Gasteiger partial charge in [0.2, 0.25) is 0 Å². The third-order valence-electron chi connectivity index (χ3n) is 2.54. The minimum absolute atomic E-state index is 0.201. The van der Waals surface area contributed by atoms with Gasteiger partial charge in [-0.1, -0.05) is 0 Å². The fraction of sp³-hybridized carbons (Fsp3) is 1.00. The first-order chi connectivity index (χ1) is 5.84. The van der Waals surface area contributed by atoms with Gasteiger partial charge in [0.1, 0.15) is 0 Å². The van der Waals surface area contributed by atoms with E-state index in [2.05, 4.69) is 17.3 Å². The van der Waals surface area contributed by atoms with Crippen molar-refractivity contribution in [2.24, 2.45) is 0 Å². The highest BCUT2D eigenvalue weighted by Crippen LogP contribution is 2.13. The maximum atomic E-state index is 11.7. The summed E-state index contributed by atoms with van der Waals surface area (Å²) in [5.74, 6) is 0. The summed E-state index contributed by atoms with van der Waals surface area (Å²) >= 11 is 0. The van der Waals surface area contributed by atoms with E-state index >= 15 is 0 Å². The summed E-state index contributed by atoms with van der Waals surface area (Å²) in [5, 5.41) is 3.28. The van der Waals surface area contributed by atoms with Gasteiger partial charge in [0.15, 0.2) is 0 Å². The predicted octanol–water partition coefficient (Wildman–Crippen LogP) is 1.03. The molecule has 0 saturated carbocycles. The molecular formula is C9H19FN2. The summed E-state index contributed by atoms with van der Waals surface area (Å²) in [6.07, 6.45) is 3.25. The Kier molecular flexibility index (Phi) is 4.54. The van der Waals surface area contributed by atoms with Crippen molar-refractivity contribution < 1.29 is 4.39 Å². The van der Waals surface area contributed by atoms with Gasteiger partial charge in [-0.25, -0.2) is 0 Å². The van der Waals surface area contributed by atoms with E-state index in [1.807, 2.05) is 0 Å². The van der Waals surface area contributed by atoms with Crippen LogP contribution < -0.4 is 5.32 Å². The van der Waals surface area contributed by atoms with Gasteiger partial charge in [0, 0.05) is 12.6 Å². The molecular weight excluding hydrogens is 155 g/mol. The highest BCUT2D eigenvalue weighted by molar-refractivity contribution is 4.77. The molecule has 0 aliphatic carbocycles. The number of hydrogen-bond acceptors (Lipinski definition) is 2. The van der Waals surface area contributed by atoms with Gasteiger partial charge >= 0.3 is 0 Å². The fourth-order valence-electron chi connectivity index (χ4n) is 1.70. The van der Waals surface area contributed by atoms with Gasteiger partial charge < -0.3 is 10.2 Å². The van der Waals surface area contributed by atoms with Crippen molar-refractivity contribution in [3.8, 4) is 0 Å². The minimum atomic E-state index is -0.201. The first-order valence-corrected chi connectivity index (χ1v) is 4.81. The smallest absolute Gasteiger partial charge is 0.0906 e. The van der Waals surface area contributed by atoms with E-state index in [0.717, 1.165) is 13.1 Å². The van der Waals surface area contributed by atoms with E-state index in [9.17, 15) is 4.39 Å². The summed E-state index contributed by atoms with van der Waals surface area (Å²) in [4.78, 5) is 2.38. The van der Waals surface area contributed by atoms with Gasteiger partial charge in [-0.15, -0.1) is 0 Å². The van der Waals surface area contributed by atoms with Gasteiger partial charge in [0.25, 0.3) is 0 Å². The standard InChI is InChI=1S/C9H19FN2/c1-12-7-2-4-9(12)8-11-6-3-5-10/h9,11H,2-8H2,1H3. The van der Waals surface area contributed by atoms with Crippen LogP contribution in [0, 0.1) is 0 Å². The van der Waals surface area contributed by atoms with Crippen molar-refractivity contribution in [3.05, 3.63) is 0 Å². The molecule has 1 atom stereocenters. The lowest BCUT2D eigenvalue weighted by Crippen LogP contribution is -2.35. The Morgan fingerprint density at radius 3 is 3.00 bits per heavy atom. The van der Waals surface area contributed by atoms with Crippen molar-refractivity contribution in [2.45, 2.75) is 25.3 Å². The molecule has 0 radical (unpaired) electrons. The Morgan fingerprint density at radius 1 is 1.58 bits per heavy atom. The van der Waals surface area contributed by atoms with E-state index in [0.29, 0.717) is 12.5 Å². The first-order valence-electron chi connectivity index (χ1n) is 4.81. The van der Waals surface area contributed by atoms with Crippen LogP contribution in [0.1, 0.15) is 19.3 Å². The molecule has 1 heterocycles. The molecule has 72 valence electrons. The number of alkyl halides is 1. The van der Waals surface area contributed by atoms with E-state index < -0.39 is 0 Å². The van der Waals surface area contributed by atoms with E-state index in [1.165, 1.54) is 19.4 Å². The molecule has 3 heteroatoms. The predicted molar refractivity (Wildman–Crippen MR) is 49.1 cm³/mol. The number of likely N-dealkylation sites (N-methyl/N-ethyl adjacent to an activating group) is 1. The van der Waals surface area contributed by atoms with Crippen LogP contribution in [0.4, 0.5) is 4.39 Å². The average molecular weight is 174 g/mol. The summed E-state index contributed by atoms with van der Waals surface area (Å²) in [7, 11) is 2.16. The summed E-state index contributed by atoms with van der Waals surface area (Å²) in [5.41, 5.74) is 0. The first kappa shape index (κ1) is 9.93. The Bertz CT molecular complexity index is 119. The van der Waals surface area contributed by atoms with Gasteiger partial charge in [-0.2, -0.15) is 0 Å². The number of rotatable bonds is 5. The summed E-state index contributed by atoms with van der Waals surface area (Å²) in [6, 6.07) is 0.685. The summed E-state index contributed by atoms with van der Waals surface area (Å²) < 4.78 is 11.7. The Labute approximate surface area is 74.1 Å². The lowest BCUT2D eigenvalue weighted by atomic mass is 10.2. The van der Waals surface area contributed by atoms with Crippen molar-refractivity contribution in [1.29, 1.82) is 0 Å². The highest BCUT2D eigenvalue weighted by atomic mass is 19.1. The van der Waals surface area contributed by atoms with Crippen LogP contribution in [0.2, 0.25) is 0 Å². The Balaban J connectivity index is 1.98. The molecule has 1 aliphatic rings. The molecule has 1 rings (SSSR count). The number of likely N-dealkylation sites (tertiary alicyclic amines) is 1. The number of nitrogens with zero attached hydrogens (tertiary/aromatic N) is 1. The Morgan fingerprint density at radius 2 is 2.42 bits per heavy atom. The molecule has 0 bridgehead atoms. The quantitative estimate of drug-likeness (QED) is 0.626. The molecule has 0 aromatic carbocycles. The number of halogens is 1. The lowest BCUT2D eigenvalue weighted by molar-refractivity contribution is 0.299. The van der Waals surface area contributed by atoms with Crippen LogP contribution in [-0.2, 0) is 0 Å². The monoisotopic (exact) mass is 174 g/mol. The maximum Gasteiger partial charge on any atom is 0.0906 e. The maximum absolute atomic E-state index is 11.7. The molecule has 0 amide bonds. The molecule has 2 nitrogen and oxygen atoms in total. The van der Waals surface area contributed by atoms with Crippen LogP contribution >= 0.6 is 0 Å². The molecule has 0 spiro atoms. The van der Waals surface area contributed by atoms with Crippen LogP contribution in [0.3, 0.4) is 0 Å². The number of hydrogen-bond donors (Lipinski definition) is 1. The van der Waals surface area contributed by atoms with Gasteiger partial charge in [-0.05, 0) is 39.4 Å². The molecule has 1 aliphatic heterocycles. The molecule has 1 unspecified atom stereocenters. The highest BCUT2D eigenvalue weighted by Gasteiger charge is 2.19. The zero-order valence-electron chi connectivity index (χ0n) is 7.85. The molecule has 1 saturated heterocycles. The number of nitrogens with one attached hydrogen (secondary N) is 1. The molecule has 1 N–H and O–H groups in total. The van der Waals surface area contributed by atoms with Crippen LogP contribution in [0.25, 0.3) is 0 Å². The third-order valence-corrected chi connectivity index (χ3v) is 2.54. The lowest BCUT2D eigenvalue weighted by Gasteiger charge is -2.19. The van der Waals surface area contributed by atoms with Crippen LogP contribution in [0.5, 0.6) is 0 Å². The zero-order chi connectivity index (χ0) is 8.81. The third kappa shape index (κ3) is 3.07. The SMILES string of the molecule is CN1CCCC1CNCCCF. The van der Waals surface area contributed by atoms with Crippen molar-refractivity contribution in [1.82, 2.24) is 10.2 Å². The molecule has 0 aromatic heterocycles. The zero-order valence-corrected chi connectivity index (χ0v) is 7.85. The molecule has 1 fully saturated rings.